The molecule has 0 amide bonds. The van der Waals surface area contributed by atoms with Gasteiger partial charge in [-0.25, -0.2) is 0 Å². The van der Waals surface area contributed by atoms with Gasteiger partial charge in [0.2, 0.25) is 0 Å². The largest absolute Gasteiger partial charge is 0.385 e. The first-order valence-electron chi connectivity index (χ1n) is 4.85. The number of Topliss-reactive ketones (excluding diaryl/α,β-unsaturated/α-hetero) is 1. The normalized spacial score (nSPS) is 20.8. The van der Waals surface area contributed by atoms with Crippen LogP contribution < -0.4 is 0 Å². The van der Waals surface area contributed by atoms with E-state index in [0.717, 1.165) is 5.56 Å². The average molecular weight is 191 g/mol. The number of nitrogens with zero attached hydrogens (tertiary/aromatic N) is 1. The topological polar surface area (TPSA) is 50.2 Å². The molecule has 1 N–H and O–H groups in total. The second-order valence-corrected chi connectivity index (χ2v) is 3.81. The van der Waals surface area contributed by atoms with Gasteiger partial charge in [-0.2, -0.15) is 0 Å². The molecule has 0 radical (unpaired) electrons. The second kappa shape index (κ2) is 3.50. The lowest BCUT2D eigenvalue weighted by atomic mass is 9.79. The first-order valence-corrected chi connectivity index (χ1v) is 4.85. The Morgan fingerprint density at radius 3 is 2.36 bits per heavy atom. The van der Waals surface area contributed by atoms with E-state index in [1.165, 1.54) is 0 Å². The summed E-state index contributed by atoms with van der Waals surface area (Å²) in [7, 11) is 0. The maximum Gasteiger partial charge on any atom is 0.133 e. The maximum absolute atomic E-state index is 11.1. The minimum atomic E-state index is -0.809. The van der Waals surface area contributed by atoms with E-state index in [0.29, 0.717) is 25.7 Å². The number of carbonyl (C=O) groups excluding carboxylic acids is 1. The van der Waals surface area contributed by atoms with Crippen molar-refractivity contribution in [1.82, 2.24) is 4.98 Å². The van der Waals surface area contributed by atoms with Crippen molar-refractivity contribution in [2.75, 3.05) is 0 Å². The van der Waals surface area contributed by atoms with Gasteiger partial charge in [0.15, 0.2) is 0 Å². The van der Waals surface area contributed by atoms with Gasteiger partial charge in [-0.05, 0) is 30.5 Å². The summed E-state index contributed by atoms with van der Waals surface area (Å²) in [6, 6.07) is 3.63. The van der Waals surface area contributed by atoms with E-state index in [-0.39, 0.29) is 5.78 Å². The zero-order valence-electron chi connectivity index (χ0n) is 7.94. The lowest BCUT2D eigenvalue weighted by molar-refractivity contribution is -0.125. The maximum atomic E-state index is 11.1. The molecule has 3 heteroatoms. The Morgan fingerprint density at radius 2 is 1.79 bits per heavy atom. The number of rotatable bonds is 1. The summed E-state index contributed by atoms with van der Waals surface area (Å²) < 4.78 is 0. The summed E-state index contributed by atoms with van der Waals surface area (Å²) in [5, 5.41) is 10.3. The smallest absolute Gasteiger partial charge is 0.133 e. The molecule has 0 aromatic carbocycles. The second-order valence-electron chi connectivity index (χ2n) is 3.81. The molecule has 0 spiro atoms. The van der Waals surface area contributed by atoms with Crippen LogP contribution in [0.25, 0.3) is 0 Å². The highest BCUT2D eigenvalue weighted by molar-refractivity contribution is 5.79. The molecule has 74 valence electrons. The summed E-state index contributed by atoms with van der Waals surface area (Å²) in [6.07, 6.45) is 5.39. The minimum absolute atomic E-state index is 0.253. The molecule has 0 aliphatic heterocycles. The van der Waals surface area contributed by atoms with Gasteiger partial charge < -0.3 is 5.11 Å². The molecule has 0 bridgehead atoms. The Labute approximate surface area is 82.8 Å². The van der Waals surface area contributed by atoms with Crippen LogP contribution in [-0.4, -0.2) is 15.9 Å². The van der Waals surface area contributed by atoms with E-state index in [1.807, 2.05) is 12.1 Å². The summed E-state index contributed by atoms with van der Waals surface area (Å²) in [4.78, 5) is 15.0. The Morgan fingerprint density at radius 1 is 1.21 bits per heavy atom. The SMILES string of the molecule is O=C1CCC(O)(c2ccncc2)CC1. The predicted molar refractivity (Wildman–Crippen MR) is 51.6 cm³/mol. The van der Waals surface area contributed by atoms with Gasteiger partial charge in [0, 0.05) is 25.2 Å². The standard InChI is InChI=1S/C11H13NO2/c13-10-1-5-11(14,6-2-10)9-3-7-12-8-4-9/h3-4,7-8,14H,1-2,5-6H2. The fourth-order valence-electron chi connectivity index (χ4n) is 1.89. The Balaban J connectivity index is 2.21. The third-order valence-electron chi connectivity index (χ3n) is 2.85. The molecule has 3 nitrogen and oxygen atoms in total. The van der Waals surface area contributed by atoms with Crippen molar-refractivity contribution in [3.8, 4) is 0 Å². The van der Waals surface area contributed by atoms with Gasteiger partial charge in [-0.1, -0.05) is 0 Å². The van der Waals surface area contributed by atoms with E-state index in [4.69, 9.17) is 0 Å². The first kappa shape index (κ1) is 9.34. The highest BCUT2D eigenvalue weighted by Gasteiger charge is 2.33. The van der Waals surface area contributed by atoms with Crippen molar-refractivity contribution in [3.05, 3.63) is 30.1 Å². The number of hydrogen-bond donors (Lipinski definition) is 1. The molecule has 14 heavy (non-hydrogen) atoms. The quantitative estimate of drug-likeness (QED) is 0.730. The fourth-order valence-corrected chi connectivity index (χ4v) is 1.89. The molecular weight excluding hydrogens is 178 g/mol. The Bertz CT molecular complexity index is 324. The summed E-state index contributed by atoms with van der Waals surface area (Å²) in [6.45, 7) is 0. The van der Waals surface area contributed by atoms with Crippen molar-refractivity contribution in [3.63, 3.8) is 0 Å². The third-order valence-corrected chi connectivity index (χ3v) is 2.85. The molecule has 2 rings (SSSR count). The Kier molecular flexibility index (Phi) is 2.33. The molecule has 1 aliphatic carbocycles. The number of aromatic nitrogens is 1. The van der Waals surface area contributed by atoms with Gasteiger partial charge in [0.1, 0.15) is 5.78 Å². The van der Waals surface area contributed by atoms with Gasteiger partial charge >= 0.3 is 0 Å². The highest BCUT2D eigenvalue weighted by atomic mass is 16.3. The molecule has 1 aromatic rings. The highest BCUT2D eigenvalue weighted by Crippen LogP contribution is 2.35. The van der Waals surface area contributed by atoms with E-state index < -0.39 is 5.60 Å². The van der Waals surface area contributed by atoms with Crippen LogP contribution in [0.1, 0.15) is 31.2 Å². The summed E-state index contributed by atoms with van der Waals surface area (Å²) in [5.41, 5.74) is 0.0663. The molecular formula is C11H13NO2. The number of aliphatic hydroxyl groups is 1. The van der Waals surface area contributed by atoms with Crippen LogP contribution in [0.15, 0.2) is 24.5 Å². The molecule has 0 unspecified atom stereocenters. The number of hydrogen-bond acceptors (Lipinski definition) is 3. The van der Waals surface area contributed by atoms with Gasteiger partial charge in [0.05, 0.1) is 5.60 Å². The molecule has 1 aliphatic rings. The number of carbonyl (C=O) groups is 1. The van der Waals surface area contributed by atoms with Gasteiger partial charge in [-0.15, -0.1) is 0 Å². The number of pyridine rings is 1. The zero-order chi connectivity index (χ0) is 10.0. The van der Waals surface area contributed by atoms with E-state index >= 15 is 0 Å². The van der Waals surface area contributed by atoms with Crippen LogP contribution in [0, 0.1) is 0 Å². The number of ketones is 1. The van der Waals surface area contributed by atoms with Crippen molar-refractivity contribution >= 4 is 5.78 Å². The average Bonchev–Trinajstić information content (AvgIpc) is 2.24. The van der Waals surface area contributed by atoms with Crippen LogP contribution >= 0.6 is 0 Å². The van der Waals surface area contributed by atoms with Crippen LogP contribution in [0.2, 0.25) is 0 Å². The molecule has 1 heterocycles. The van der Waals surface area contributed by atoms with Gasteiger partial charge in [0.25, 0.3) is 0 Å². The van der Waals surface area contributed by atoms with Crippen LogP contribution in [0.4, 0.5) is 0 Å². The molecule has 0 saturated heterocycles. The van der Waals surface area contributed by atoms with Crippen molar-refractivity contribution < 1.29 is 9.90 Å². The van der Waals surface area contributed by atoms with E-state index in [9.17, 15) is 9.90 Å². The minimum Gasteiger partial charge on any atom is -0.385 e. The van der Waals surface area contributed by atoms with E-state index in [1.54, 1.807) is 12.4 Å². The fraction of sp³-hybridized carbons (Fsp3) is 0.455. The summed E-state index contributed by atoms with van der Waals surface area (Å²) >= 11 is 0. The van der Waals surface area contributed by atoms with Crippen molar-refractivity contribution in [2.24, 2.45) is 0 Å². The zero-order valence-corrected chi connectivity index (χ0v) is 7.94. The third kappa shape index (κ3) is 1.68. The lowest BCUT2D eigenvalue weighted by Gasteiger charge is -2.31. The van der Waals surface area contributed by atoms with Gasteiger partial charge in [-0.3, -0.25) is 9.78 Å². The molecule has 1 aromatic heterocycles. The van der Waals surface area contributed by atoms with Crippen LogP contribution in [0.5, 0.6) is 0 Å². The van der Waals surface area contributed by atoms with Crippen LogP contribution in [-0.2, 0) is 10.4 Å². The van der Waals surface area contributed by atoms with Crippen molar-refractivity contribution in [1.29, 1.82) is 0 Å². The Hall–Kier alpha value is -1.22. The summed E-state index contributed by atoms with van der Waals surface area (Å²) in [5.74, 6) is 0.253. The predicted octanol–water partition coefficient (Wildman–Crippen LogP) is 1.41. The molecule has 1 fully saturated rings. The lowest BCUT2D eigenvalue weighted by Crippen LogP contribution is -2.31. The van der Waals surface area contributed by atoms with Crippen molar-refractivity contribution in [2.45, 2.75) is 31.3 Å². The monoisotopic (exact) mass is 191 g/mol. The molecule has 1 saturated carbocycles. The first-order chi connectivity index (χ1) is 6.71. The molecule has 0 atom stereocenters. The van der Waals surface area contributed by atoms with Crippen LogP contribution in [0.3, 0.4) is 0 Å². The van der Waals surface area contributed by atoms with E-state index in [2.05, 4.69) is 4.98 Å².